The number of unbranched alkanes of at least 4 members (excludes halogenated alkanes) is 1. The predicted molar refractivity (Wildman–Crippen MR) is 121 cm³/mol. The Hall–Kier alpha value is -2.93. The topological polar surface area (TPSA) is 74.8 Å². The summed E-state index contributed by atoms with van der Waals surface area (Å²) in [5.74, 6) is 0.781. The van der Waals surface area contributed by atoms with Crippen molar-refractivity contribution >= 4 is 17.5 Å². The Kier molecular flexibility index (Phi) is 8.41. The monoisotopic (exact) mass is 424 g/mol. The zero-order valence-corrected chi connectivity index (χ0v) is 18.5. The summed E-state index contributed by atoms with van der Waals surface area (Å²) in [4.78, 5) is 32.8. The number of aryl methyl sites for hydroxylation is 2. The number of amides is 2. The van der Waals surface area contributed by atoms with Crippen LogP contribution in [-0.2, 0) is 9.59 Å². The van der Waals surface area contributed by atoms with E-state index in [0.717, 1.165) is 62.6 Å². The molecule has 2 aromatic rings. The fourth-order valence-electron chi connectivity index (χ4n) is 3.52. The van der Waals surface area contributed by atoms with Crippen LogP contribution in [0.1, 0.15) is 30.4 Å². The molecule has 3 rings (SSSR count). The second kappa shape index (κ2) is 11.5. The van der Waals surface area contributed by atoms with Gasteiger partial charge in [0.15, 0.2) is 6.61 Å². The van der Waals surface area contributed by atoms with E-state index in [9.17, 15) is 9.59 Å². The Balaban J connectivity index is 1.27. The number of nitrogens with zero attached hydrogens (tertiary/aromatic N) is 3. The molecule has 7 heteroatoms. The van der Waals surface area contributed by atoms with Crippen molar-refractivity contribution in [1.29, 1.82) is 0 Å². The summed E-state index contributed by atoms with van der Waals surface area (Å²) < 4.78 is 5.61. The quantitative estimate of drug-likeness (QED) is 0.627. The first-order valence-electron chi connectivity index (χ1n) is 10.9. The van der Waals surface area contributed by atoms with Crippen molar-refractivity contribution in [3.05, 3.63) is 53.9 Å². The van der Waals surface area contributed by atoms with Gasteiger partial charge in [-0.1, -0.05) is 17.7 Å². The molecule has 1 aromatic heterocycles. The summed E-state index contributed by atoms with van der Waals surface area (Å²) in [7, 11) is 0. The highest BCUT2D eigenvalue weighted by molar-refractivity contribution is 5.91. The standard InChI is InChI=1S/C24H32N4O3/c1-19-6-8-21(9-7-19)31-18-24(30)28-15-13-27(14-16-28)12-4-3-5-23(29)26-22-17-25-11-10-20(22)2/h6-11,17H,3-5,12-16,18H2,1-2H3,(H,26,29). The average molecular weight is 425 g/mol. The molecule has 2 amide bonds. The van der Waals surface area contributed by atoms with Crippen molar-refractivity contribution in [3.63, 3.8) is 0 Å². The van der Waals surface area contributed by atoms with Crippen LogP contribution >= 0.6 is 0 Å². The lowest BCUT2D eigenvalue weighted by molar-refractivity contribution is -0.135. The lowest BCUT2D eigenvalue weighted by Gasteiger charge is -2.34. The van der Waals surface area contributed by atoms with E-state index in [2.05, 4.69) is 15.2 Å². The maximum Gasteiger partial charge on any atom is 0.260 e. The van der Waals surface area contributed by atoms with Crippen LogP contribution < -0.4 is 10.1 Å². The summed E-state index contributed by atoms with van der Waals surface area (Å²) in [5, 5.41) is 2.92. The molecule has 0 bridgehead atoms. The summed E-state index contributed by atoms with van der Waals surface area (Å²) >= 11 is 0. The number of hydrogen-bond donors (Lipinski definition) is 1. The molecule has 0 saturated carbocycles. The maximum atomic E-state index is 12.4. The third-order valence-electron chi connectivity index (χ3n) is 5.55. The van der Waals surface area contributed by atoms with Gasteiger partial charge in [0.05, 0.1) is 11.9 Å². The second-order valence-corrected chi connectivity index (χ2v) is 8.02. The highest BCUT2D eigenvalue weighted by Gasteiger charge is 2.21. The molecule has 1 N–H and O–H groups in total. The molecule has 0 spiro atoms. The molecule has 1 aliphatic rings. The Bertz CT molecular complexity index is 861. The SMILES string of the molecule is Cc1ccc(OCC(=O)N2CCN(CCCCC(=O)Nc3cnccc3C)CC2)cc1. The molecule has 1 saturated heterocycles. The van der Waals surface area contributed by atoms with Crippen LogP contribution in [0.4, 0.5) is 5.69 Å². The molecule has 1 aromatic carbocycles. The molecule has 0 radical (unpaired) electrons. The van der Waals surface area contributed by atoms with Gasteiger partial charge in [-0.05, 0) is 57.0 Å². The van der Waals surface area contributed by atoms with Gasteiger partial charge >= 0.3 is 0 Å². The normalized spacial score (nSPS) is 14.3. The predicted octanol–water partition coefficient (Wildman–Crippen LogP) is 3.03. The highest BCUT2D eigenvalue weighted by atomic mass is 16.5. The molecule has 31 heavy (non-hydrogen) atoms. The van der Waals surface area contributed by atoms with Crippen molar-refractivity contribution < 1.29 is 14.3 Å². The van der Waals surface area contributed by atoms with E-state index in [-0.39, 0.29) is 18.4 Å². The molecular weight excluding hydrogens is 392 g/mol. The molecule has 1 aliphatic heterocycles. The van der Waals surface area contributed by atoms with Gasteiger partial charge in [-0.2, -0.15) is 0 Å². The number of nitrogens with one attached hydrogen (secondary N) is 1. The fourth-order valence-corrected chi connectivity index (χ4v) is 3.52. The van der Waals surface area contributed by atoms with Crippen molar-refractivity contribution in [2.45, 2.75) is 33.1 Å². The van der Waals surface area contributed by atoms with E-state index in [0.29, 0.717) is 6.42 Å². The highest BCUT2D eigenvalue weighted by Crippen LogP contribution is 2.13. The Morgan fingerprint density at radius 2 is 1.77 bits per heavy atom. The van der Waals surface area contributed by atoms with Gasteiger partial charge in [-0.15, -0.1) is 0 Å². The van der Waals surface area contributed by atoms with Crippen LogP contribution in [0.3, 0.4) is 0 Å². The molecule has 7 nitrogen and oxygen atoms in total. The zero-order chi connectivity index (χ0) is 22.1. The van der Waals surface area contributed by atoms with Crippen LogP contribution in [0.2, 0.25) is 0 Å². The maximum absolute atomic E-state index is 12.4. The molecule has 166 valence electrons. The minimum absolute atomic E-state index is 0.0279. The second-order valence-electron chi connectivity index (χ2n) is 8.02. The van der Waals surface area contributed by atoms with Gasteiger partial charge < -0.3 is 15.0 Å². The molecule has 1 fully saturated rings. The van der Waals surface area contributed by atoms with Gasteiger partial charge in [0.25, 0.3) is 5.91 Å². The van der Waals surface area contributed by atoms with Gasteiger partial charge in [0, 0.05) is 38.8 Å². The van der Waals surface area contributed by atoms with Crippen LogP contribution in [0, 0.1) is 13.8 Å². The summed E-state index contributed by atoms with van der Waals surface area (Å²) in [6.45, 7) is 8.15. The molecule has 0 unspecified atom stereocenters. The van der Waals surface area contributed by atoms with Crippen molar-refractivity contribution in [2.75, 3.05) is 44.6 Å². The van der Waals surface area contributed by atoms with E-state index < -0.39 is 0 Å². The number of carbonyl (C=O) groups is 2. The van der Waals surface area contributed by atoms with E-state index in [1.54, 1.807) is 12.4 Å². The van der Waals surface area contributed by atoms with E-state index >= 15 is 0 Å². The van der Waals surface area contributed by atoms with Crippen molar-refractivity contribution in [3.8, 4) is 5.75 Å². The van der Waals surface area contributed by atoms with Crippen LogP contribution in [0.25, 0.3) is 0 Å². The Labute approximate surface area is 184 Å². The van der Waals surface area contributed by atoms with Crippen molar-refractivity contribution in [2.24, 2.45) is 0 Å². The number of hydrogen-bond acceptors (Lipinski definition) is 5. The molecular formula is C24H32N4O3. The zero-order valence-electron chi connectivity index (χ0n) is 18.5. The average Bonchev–Trinajstić information content (AvgIpc) is 2.78. The lowest BCUT2D eigenvalue weighted by atomic mass is 10.2. The Morgan fingerprint density at radius 3 is 2.48 bits per heavy atom. The third-order valence-corrected chi connectivity index (χ3v) is 5.55. The number of pyridine rings is 1. The number of piperazine rings is 1. The molecule has 0 atom stereocenters. The smallest absolute Gasteiger partial charge is 0.260 e. The number of benzene rings is 1. The summed E-state index contributed by atoms with van der Waals surface area (Å²) in [6.07, 6.45) is 5.71. The van der Waals surface area contributed by atoms with Crippen LogP contribution in [-0.4, -0.2) is 65.9 Å². The number of aromatic nitrogens is 1. The number of anilines is 1. The van der Waals surface area contributed by atoms with Gasteiger partial charge in [-0.25, -0.2) is 0 Å². The molecule has 2 heterocycles. The first kappa shape index (κ1) is 22.7. The minimum atomic E-state index is 0.0279. The van der Waals surface area contributed by atoms with Gasteiger partial charge in [-0.3, -0.25) is 19.5 Å². The van der Waals surface area contributed by atoms with E-state index in [1.807, 2.05) is 49.1 Å². The van der Waals surface area contributed by atoms with Gasteiger partial charge in [0.2, 0.25) is 5.91 Å². The Morgan fingerprint density at radius 1 is 1.03 bits per heavy atom. The van der Waals surface area contributed by atoms with Crippen LogP contribution in [0.15, 0.2) is 42.7 Å². The number of carbonyl (C=O) groups excluding carboxylic acids is 2. The van der Waals surface area contributed by atoms with Gasteiger partial charge in [0.1, 0.15) is 5.75 Å². The summed E-state index contributed by atoms with van der Waals surface area (Å²) in [5.41, 5.74) is 2.96. The molecule has 0 aliphatic carbocycles. The number of rotatable bonds is 9. The van der Waals surface area contributed by atoms with E-state index in [4.69, 9.17) is 4.74 Å². The fraction of sp³-hybridized carbons (Fsp3) is 0.458. The minimum Gasteiger partial charge on any atom is -0.484 e. The first-order valence-corrected chi connectivity index (χ1v) is 10.9. The van der Waals surface area contributed by atoms with Crippen molar-refractivity contribution in [1.82, 2.24) is 14.8 Å². The largest absolute Gasteiger partial charge is 0.484 e. The lowest BCUT2D eigenvalue weighted by Crippen LogP contribution is -2.50. The summed E-state index contributed by atoms with van der Waals surface area (Å²) in [6, 6.07) is 9.61. The first-order chi connectivity index (χ1) is 15.0. The number of ether oxygens (including phenoxy) is 1. The van der Waals surface area contributed by atoms with E-state index in [1.165, 1.54) is 5.56 Å². The third kappa shape index (κ3) is 7.36. The van der Waals surface area contributed by atoms with Crippen LogP contribution in [0.5, 0.6) is 5.75 Å².